The number of hydrogen-bond donors (Lipinski definition) is 2. The first-order valence-corrected chi connectivity index (χ1v) is 11.1. The first kappa shape index (κ1) is 26.1. The molecule has 2 rings (SSSR count). The number of amides is 1. The monoisotopic (exact) mass is 468 g/mol. The topological polar surface area (TPSA) is 90.7 Å². The molecule has 0 radical (unpaired) electrons. The summed E-state index contributed by atoms with van der Waals surface area (Å²) < 4.78 is 15.3. The molecule has 6 nitrogen and oxygen atoms in total. The number of hydrogen-bond acceptors (Lipinski definition) is 3. The summed E-state index contributed by atoms with van der Waals surface area (Å²) >= 11 is 6.13. The number of pyridine rings is 1. The van der Waals surface area contributed by atoms with Crippen LogP contribution in [0.5, 0.6) is 0 Å². The van der Waals surface area contributed by atoms with Crippen LogP contribution in [0.1, 0.15) is 59.7 Å². The highest BCUT2D eigenvalue weighted by atomic mass is 35.5. The maximum Gasteiger partial charge on any atom is 0.407 e. The number of carboxylic acid groups (broad SMARTS) is 2. The van der Waals surface area contributed by atoms with E-state index >= 15 is 4.39 Å². The summed E-state index contributed by atoms with van der Waals surface area (Å²) in [5, 5.41) is 20.7. The van der Waals surface area contributed by atoms with Gasteiger partial charge >= 0.3 is 12.1 Å². The van der Waals surface area contributed by atoms with Gasteiger partial charge in [-0.3, -0.25) is 4.79 Å². The first-order valence-electron chi connectivity index (χ1n) is 10.7. The van der Waals surface area contributed by atoms with Crippen molar-refractivity contribution < 1.29 is 24.2 Å². The molecule has 2 unspecified atom stereocenters. The lowest BCUT2D eigenvalue weighted by Crippen LogP contribution is -2.68. The van der Waals surface area contributed by atoms with Gasteiger partial charge in [0.1, 0.15) is 5.15 Å². The summed E-state index contributed by atoms with van der Waals surface area (Å²) in [7, 11) is 0. The van der Waals surface area contributed by atoms with E-state index in [9.17, 15) is 19.8 Å². The molecule has 2 heterocycles. The van der Waals surface area contributed by atoms with Gasteiger partial charge in [0, 0.05) is 30.5 Å². The van der Waals surface area contributed by atoms with E-state index in [1.54, 1.807) is 6.92 Å². The van der Waals surface area contributed by atoms with Gasteiger partial charge in [-0.1, -0.05) is 65.8 Å². The fraction of sp³-hybridized carbons (Fsp3) is 0.625. The van der Waals surface area contributed by atoms with E-state index in [0.29, 0.717) is 0 Å². The Morgan fingerprint density at radius 1 is 1.28 bits per heavy atom. The van der Waals surface area contributed by atoms with Gasteiger partial charge in [0.2, 0.25) is 0 Å². The van der Waals surface area contributed by atoms with Crippen molar-refractivity contribution in [3.05, 3.63) is 34.9 Å². The maximum atomic E-state index is 15.3. The minimum Gasteiger partial charge on any atom is -0.481 e. The molecule has 1 aromatic rings. The Morgan fingerprint density at radius 3 is 2.25 bits per heavy atom. The minimum atomic E-state index is -1.49. The Labute approximate surface area is 194 Å². The van der Waals surface area contributed by atoms with Crippen molar-refractivity contribution in [2.24, 2.45) is 28.1 Å². The van der Waals surface area contributed by atoms with Crippen LogP contribution in [0.25, 0.3) is 6.08 Å². The van der Waals surface area contributed by atoms with Crippen LogP contribution in [0, 0.1) is 33.9 Å². The maximum absolute atomic E-state index is 15.3. The van der Waals surface area contributed by atoms with Crippen molar-refractivity contribution in [2.75, 3.05) is 6.54 Å². The van der Waals surface area contributed by atoms with Crippen LogP contribution >= 0.6 is 11.6 Å². The standard InChI is InChI=1S/C24H34ClFN2O4/c1-9-14-10-17(25)27-15(18(14)26)11-24(20(29)30)16(22(3,4)5)12-28(21(31)32)13(2)19(24)23(6,7)8/h9-10,13,16,19H,1,11-12H2,2-8H3,(H,29,30)(H,31,32)/t13-,16?,19?,24-/m1/s1. The smallest absolute Gasteiger partial charge is 0.407 e. The van der Waals surface area contributed by atoms with Crippen LogP contribution in [-0.2, 0) is 11.2 Å². The van der Waals surface area contributed by atoms with Gasteiger partial charge in [-0.05, 0) is 29.7 Å². The molecule has 178 valence electrons. The van der Waals surface area contributed by atoms with E-state index in [4.69, 9.17) is 11.6 Å². The van der Waals surface area contributed by atoms with Crippen molar-refractivity contribution in [1.29, 1.82) is 0 Å². The summed E-state index contributed by atoms with van der Waals surface area (Å²) in [6.45, 7) is 16.7. The second-order valence-electron chi connectivity index (χ2n) is 11.0. The molecule has 0 saturated carbocycles. The lowest BCUT2D eigenvalue weighted by Gasteiger charge is -2.60. The van der Waals surface area contributed by atoms with Gasteiger partial charge in [-0.2, -0.15) is 0 Å². The molecule has 1 saturated heterocycles. The van der Waals surface area contributed by atoms with Crippen LogP contribution in [-0.4, -0.2) is 44.7 Å². The number of aliphatic carboxylic acids is 1. The fourth-order valence-corrected chi connectivity index (χ4v) is 6.07. The van der Waals surface area contributed by atoms with Gasteiger partial charge in [0.05, 0.1) is 11.1 Å². The average molecular weight is 469 g/mol. The second kappa shape index (κ2) is 8.65. The number of halogens is 2. The number of rotatable bonds is 4. The number of piperidine rings is 1. The zero-order valence-corrected chi connectivity index (χ0v) is 20.6. The Hall–Kier alpha value is -2.15. The SMILES string of the molecule is C=Cc1cc(Cl)nc(C[C@@]2(C(=O)O)C(C(C)(C)C)CN(C(=O)O)[C@H](C)C2C(C)(C)C)c1F. The molecule has 0 bridgehead atoms. The second-order valence-corrected chi connectivity index (χ2v) is 11.3. The Kier molecular flexibility index (Phi) is 7.06. The van der Waals surface area contributed by atoms with Crippen molar-refractivity contribution in [1.82, 2.24) is 9.88 Å². The van der Waals surface area contributed by atoms with Crippen molar-refractivity contribution in [2.45, 2.75) is 60.9 Å². The Morgan fingerprint density at radius 2 is 1.84 bits per heavy atom. The molecule has 1 aromatic heterocycles. The Balaban J connectivity index is 2.90. The quantitative estimate of drug-likeness (QED) is 0.542. The van der Waals surface area contributed by atoms with E-state index in [1.165, 1.54) is 17.0 Å². The molecule has 2 N–H and O–H groups in total. The molecule has 0 spiro atoms. The summed E-state index contributed by atoms with van der Waals surface area (Å²) in [6.07, 6.45) is 0.0101. The highest BCUT2D eigenvalue weighted by molar-refractivity contribution is 6.29. The van der Waals surface area contributed by atoms with Crippen molar-refractivity contribution in [3.63, 3.8) is 0 Å². The van der Waals surface area contributed by atoms with Crippen molar-refractivity contribution >= 4 is 29.7 Å². The molecule has 0 aromatic carbocycles. The van der Waals surface area contributed by atoms with Gasteiger partial charge in [-0.15, -0.1) is 0 Å². The number of likely N-dealkylation sites (tertiary alicyclic amines) is 1. The highest BCUT2D eigenvalue weighted by Gasteiger charge is 2.64. The molecule has 1 aliphatic heterocycles. The minimum absolute atomic E-state index is 0.0232. The third-order valence-corrected chi connectivity index (χ3v) is 7.05. The summed E-state index contributed by atoms with van der Waals surface area (Å²) in [4.78, 5) is 30.8. The molecule has 8 heteroatoms. The lowest BCUT2D eigenvalue weighted by atomic mass is 9.48. The van der Waals surface area contributed by atoms with Crippen molar-refractivity contribution in [3.8, 4) is 0 Å². The summed E-state index contributed by atoms with van der Waals surface area (Å²) in [5.41, 5.74) is -2.58. The zero-order valence-electron chi connectivity index (χ0n) is 19.9. The van der Waals surface area contributed by atoms with Gasteiger partial charge in [0.15, 0.2) is 5.82 Å². The highest BCUT2D eigenvalue weighted by Crippen LogP contribution is 2.58. The lowest BCUT2D eigenvalue weighted by molar-refractivity contribution is -0.184. The summed E-state index contributed by atoms with van der Waals surface area (Å²) in [6, 6.07) is 0.738. The van der Waals surface area contributed by atoms with Crippen LogP contribution in [0.4, 0.5) is 9.18 Å². The molecule has 4 atom stereocenters. The van der Waals surface area contributed by atoms with Crippen LogP contribution in [0.15, 0.2) is 12.6 Å². The van der Waals surface area contributed by atoms with E-state index in [-0.39, 0.29) is 29.4 Å². The van der Waals surface area contributed by atoms with Gasteiger partial charge in [-0.25, -0.2) is 14.2 Å². The average Bonchev–Trinajstić information content (AvgIpc) is 2.61. The number of carboxylic acids is 1. The molecular formula is C24H34ClFN2O4. The largest absolute Gasteiger partial charge is 0.481 e. The molecular weight excluding hydrogens is 435 g/mol. The van der Waals surface area contributed by atoms with Gasteiger partial charge in [0.25, 0.3) is 0 Å². The summed E-state index contributed by atoms with van der Waals surface area (Å²) in [5.74, 6) is -2.99. The van der Waals surface area contributed by atoms with Gasteiger partial charge < -0.3 is 15.1 Å². The molecule has 32 heavy (non-hydrogen) atoms. The predicted octanol–water partition coefficient (Wildman–Crippen LogP) is 5.84. The third kappa shape index (κ3) is 4.49. The van der Waals surface area contributed by atoms with E-state index in [2.05, 4.69) is 11.6 Å². The van der Waals surface area contributed by atoms with Crippen LogP contribution in [0.3, 0.4) is 0 Å². The van der Waals surface area contributed by atoms with Crippen LogP contribution < -0.4 is 0 Å². The van der Waals surface area contributed by atoms with E-state index < -0.39 is 52.0 Å². The number of aromatic nitrogens is 1. The normalized spacial score (nSPS) is 26.7. The van der Waals surface area contributed by atoms with E-state index in [0.717, 1.165) is 0 Å². The third-order valence-electron chi connectivity index (χ3n) is 6.86. The molecule has 1 fully saturated rings. The van der Waals surface area contributed by atoms with E-state index in [1.807, 2.05) is 41.5 Å². The Bertz CT molecular complexity index is 922. The number of nitrogens with zero attached hydrogens (tertiary/aromatic N) is 2. The fourth-order valence-electron chi connectivity index (χ4n) is 5.85. The molecule has 1 aliphatic rings. The zero-order chi connectivity index (χ0) is 24.8. The molecule has 1 amide bonds. The number of carbonyl (C=O) groups is 2. The molecule has 0 aliphatic carbocycles. The van der Waals surface area contributed by atoms with Crippen LogP contribution in [0.2, 0.25) is 5.15 Å². The predicted molar refractivity (Wildman–Crippen MR) is 123 cm³/mol. The first-order chi connectivity index (χ1) is 14.5.